The number of nitrogens with zero attached hydrogens (tertiary/aromatic N) is 2. The first-order chi connectivity index (χ1) is 9.65. The summed E-state index contributed by atoms with van der Waals surface area (Å²) in [6.07, 6.45) is 3.11. The number of hydrogen-bond acceptors (Lipinski definition) is 5. The van der Waals surface area contributed by atoms with Crippen LogP contribution in [0.25, 0.3) is 0 Å². The van der Waals surface area contributed by atoms with Crippen molar-refractivity contribution in [1.82, 2.24) is 9.55 Å². The summed E-state index contributed by atoms with van der Waals surface area (Å²) in [5.41, 5.74) is 6.62. The molecule has 106 valence electrons. The van der Waals surface area contributed by atoms with Crippen LogP contribution in [0.3, 0.4) is 0 Å². The van der Waals surface area contributed by atoms with E-state index in [1.807, 2.05) is 6.07 Å². The maximum Gasteiger partial charge on any atom is 0.347 e. The Hall–Kier alpha value is -2.34. The Morgan fingerprint density at radius 2 is 2.15 bits per heavy atom. The second kappa shape index (κ2) is 6.21. The van der Waals surface area contributed by atoms with E-state index in [2.05, 4.69) is 4.98 Å². The van der Waals surface area contributed by atoms with E-state index in [0.717, 1.165) is 5.56 Å². The number of benzene rings is 1. The van der Waals surface area contributed by atoms with Crippen molar-refractivity contribution < 1.29 is 9.47 Å². The fraction of sp³-hybridized carbons (Fsp3) is 0.286. The number of methoxy groups -OCH3 is 2. The van der Waals surface area contributed by atoms with Gasteiger partial charge in [-0.05, 0) is 24.3 Å². The summed E-state index contributed by atoms with van der Waals surface area (Å²) in [5.74, 6) is 1.35. The largest absolute Gasteiger partial charge is 0.497 e. The zero-order valence-electron chi connectivity index (χ0n) is 11.4. The molecule has 1 aromatic heterocycles. The minimum atomic E-state index is -0.401. The number of hydrogen-bond donors (Lipinski definition) is 1. The third-order valence-corrected chi connectivity index (χ3v) is 3.01. The van der Waals surface area contributed by atoms with E-state index in [-0.39, 0.29) is 5.69 Å². The van der Waals surface area contributed by atoms with Gasteiger partial charge in [0.2, 0.25) is 0 Å². The topological polar surface area (TPSA) is 79.4 Å². The molecule has 0 aliphatic rings. The molecule has 2 aromatic rings. The van der Waals surface area contributed by atoms with Gasteiger partial charge in [0.05, 0.1) is 20.3 Å². The first kappa shape index (κ1) is 14.1. The molecule has 0 bridgehead atoms. The van der Waals surface area contributed by atoms with Gasteiger partial charge in [0.1, 0.15) is 11.5 Å². The third kappa shape index (κ3) is 2.97. The van der Waals surface area contributed by atoms with Crippen molar-refractivity contribution in [3.63, 3.8) is 0 Å². The minimum Gasteiger partial charge on any atom is -0.497 e. The van der Waals surface area contributed by atoms with Gasteiger partial charge in [-0.1, -0.05) is 0 Å². The number of nitrogens with two attached hydrogens (primary N) is 1. The van der Waals surface area contributed by atoms with Crippen LogP contribution in [-0.4, -0.2) is 23.8 Å². The molecular formula is C14H17N3O3. The Morgan fingerprint density at radius 3 is 2.80 bits per heavy atom. The predicted molar refractivity (Wildman–Crippen MR) is 75.0 cm³/mol. The fourth-order valence-corrected chi connectivity index (χ4v) is 1.97. The van der Waals surface area contributed by atoms with Crippen LogP contribution in [-0.2, 0) is 6.54 Å². The smallest absolute Gasteiger partial charge is 0.347 e. The highest BCUT2D eigenvalue weighted by Crippen LogP contribution is 2.28. The molecule has 0 saturated heterocycles. The van der Waals surface area contributed by atoms with E-state index in [0.29, 0.717) is 18.0 Å². The molecule has 2 N–H and O–H groups in total. The molecule has 1 atom stereocenters. The van der Waals surface area contributed by atoms with Gasteiger partial charge in [-0.25, -0.2) is 9.78 Å². The van der Waals surface area contributed by atoms with Crippen LogP contribution in [0.1, 0.15) is 11.6 Å². The van der Waals surface area contributed by atoms with Gasteiger partial charge in [0.15, 0.2) is 0 Å². The van der Waals surface area contributed by atoms with Gasteiger partial charge in [-0.3, -0.25) is 4.57 Å². The van der Waals surface area contributed by atoms with E-state index in [4.69, 9.17) is 15.2 Å². The van der Waals surface area contributed by atoms with E-state index in [1.165, 1.54) is 10.8 Å². The maximum absolute atomic E-state index is 11.6. The fourth-order valence-electron chi connectivity index (χ4n) is 1.97. The Bertz CT molecular complexity index is 640. The monoisotopic (exact) mass is 275 g/mol. The van der Waals surface area contributed by atoms with Gasteiger partial charge >= 0.3 is 5.69 Å². The van der Waals surface area contributed by atoms with Crippen LogP contribution in [0.2, 0.25) is 0 Å². The predicted octanol–water partition coefficient (Wildman–Crippen LogP) is 0.961. The first-order valence-corrected chi connectivity index (χ1v) is 6.14. The van der Waals surface area contributed by atoms with Crippen molar-refractivity contribution >= 4 is 0 Å². The van der Waals surface area contributed by atoms with Gasteiger partial charge in [0.25, 0.3) is 0 Å². The van der Waals surface area contributed by atoms with Crippen molar-refractivity contribution in [2.45, 2.75) is 12.6 Å². The SMILES string of the molecule is COc1ccc(OC)c(C(N)Cn2cccnc2=O)c1. The molecule has 0 saturated carbocycles. The van der Waals surface area contributed by atoms with Gasteiger partial charge in [-0.2, -0.15) is 0 Å². The zero-order valence-corrected chi connectivity index (χ0v) is 11.4. The third-order valence-electron chi connectivity index (χ3n) is 3.01. The van der Waals surface area contributed by atoms with Crippen LogP contribution in [0.5, 0.6) is 11.5 Å². The van der Waals surface area contributed by atoms with Gasteiger partial charge in [-0.15, -0.1) is 0 Å². The van der Waals surface area contributed by atoms with E-state index >= 15 is 0 Å². The van der Waals surface area contributed by atoms with Crippen LogP contribution >= 0.6 is 0 Å². The lowest BCUT2D eigenvalue weighted by Crippen LogP contribution is -2.27. The van der Waals surface area contributed by atoms with Crippen molar-refractivity contribution in [1.29, 1.82) is 0 Å². The second-order valence-corrected chi connectivity index (χ2v) is 4.27. The Kier molecular flexibility index (Phi) is 4.37. The van der Waals surface area contributed by atoms with E-state index in [9.17, 15) is 4.79 Å². The van der Waals surface area contributed by atoms with E-state index < -0.39 is 6.04 Å². The molecule has 0 amide bonds. The molecule has 0 aliphatic carbocycles. The molecule has 20 heavy (non-hydrogen) atoms. The maximum atomic E-state index is 11.6. The molecule has 1 aromatic carbocycles. The summed E-state index contributed by atoms with van der Waals surface area (Å²) in [6, 6.07) is 6.69. The molecule has 6 heteroatoms. The normalized spacial score (nSPS) is 11.9. The molecule has 1 unspecified atom stereocenters. The quantitative estimate of drug-likeness (QED) is 0.879. The highest BCUT2D eigenvalue weighted by Gasteiger charge is 2.14. The van der Waals surface area contributed by atoms with Crippen LogP contribution in [0.4, 0.5) is 0 Å². The Morgan fingerprint density at radius 1 is 1.35 bits per heavy atom. The molecule has 0 radical (unpaired) electrons. The number of rotatable bonds is 5. The Labute approximate surface area is 116 Å². The van der Waals surface area contributed by atoms with Crippen LogP contribution in [0.15, 0.2) is 41.5 Å². The minimum absolute atomic E-state index is 0.316. The molecule has 0 aliphatic heterocycles. The summed E-state index contributed by atoms with van der Waals surface area (Å²) in [6.45, 7) is 0.316. The van der Waals surface area contributed by atoms with Gasteiger partial charge < -0.3 is 15.2 Å². The molecular weight excluding hydrogens is 258 g/mol. The van der Waals surface area contributed by atoms with Gasteiger partial charge in [0, 0.05) is 24.5 Å². The summed E-state index contributed by atoms with van der Waals surface area (Å²) < 4.78 is 11.9. The van der Waals surface area contributed by atoms with Crippen molar-refractivity contribution in [3.05, 3.63) is 52.7 Å². The molecule has 0 fully saturated rings. The summed E-state index contributed by atoms with van der Waals surface area (Å²) in [5, 5.41) is 0. The molecule has 2 rings (SSSR count). The lowest BCUT2D eigenvalue weighted by molar-refractivity contribution is 0.391. The highest BCUT2D eigenvalue weighted by atomic mass is 16.5. The van der Waals surface area contributed by atoms with Crippen LogP contribution < -0.4 is 20.9 Å². The summed E-state index contributed by atoms with van der Waals surface area (Å²) >= 11 is 0. The second-order valence-electron chi connectivity index (χ2n) is 4.27. The van der Waals surface area contributed by atoms with Crippen LogP contribution in [0, 0.1) is 0 Å². The molecule has 1 heterocycles. The summed E-state index contributed by atoms with van der Waals surface area (Å²) in [4.78, 5) is 15.3. The average molecular weight is 275 g/mol. The molecule has 0 spiro atoms. The average Bonchev–Trinajstić information content (AvgIpc) is 2.48. The number of ether oxygens (including phenoxy) is 2. The highest BCUT2D eigenvalue weighted by molar-refractivity contribution is 5.42. The van der Waals surface area contributed by atoms with Crippen molar-refractivity contribution in [2.75, 3.05) is 14.2 Å². The standard InChI is InChI=1S/C14H17N3O3/c1-19-10-4-5-13(20-2)11(8-10)12(15)9-17-7-3-6-16-14(17)18/h3-8,12H,9,15H2,1-2H3. The Balaban J connectivity index is 2.31. The van der Waals surface area contributed by atoms with Crippen molar-refractivity contribution in [2.24, 2.45) is 5.73 Å². The van der Waals surface area contributed by atoms with E-state index in [1.54, 1.807) is 38.6 Å². The molecule has 6 nitrogen and oxygen atoms in total. The zero-order chi connectivity index (χ0) is 14.5. The first-order valence-electron chi connectivity index (χ1n) is 6.14. The summed E-state index contributed by atoms with van der Waals surface area (Å²) in [7, 11) is 3.16. The lowest BCUT2D eigenvalue weighted by Gasteiger charge is -2.17. The number of aromatic nitrogens is 2. The lowest BCUT2D eigenvalue weighted by atomic mass is 10.1. The van der Waals surface area contributed by atoms with Crippen molar-refractivity contribution in [3.8, 4) is 11.5 Å².